The molecule has 1 aromatic heterocycles. The molecule has 0 aliphatic carbocycles. The normalized spacial score (nSPS) is 11.4. The van der Waals surface area contributed by atoms with Crippen molar-refractivity contribution < 1.29 is 17.2 Å². The first-order chi connectivity index (χ1) is 10.3. The van der Waals surface area contributed by atoms with Crippen LogP contribution in [0.1, 0.15) is 5.56 Å². The fourth-order valence-electron chi connectivity index (χ4n) is 1.53. The van der Waals surface area contributed by atoms with Crippen molar-refractivity contribution in [2.75, 3.05) is 11.9 Å². The van der Waals surface area contributed by atoms with Crippen LogP contribution in [0.5, 0.6) is 0 Å². The lowest BCUT2D eigenvalue weighted by molar-refractivity contribution is 0.272. The number of hydrogen-bond donors (Lipinski definition) is 2. The molecule has 8 nitrogen and oxygen atoms in total. The van der Waals surface area contributed by atoms with Crippen molar-refractivity contribution in [3.63, 3.8) is 0 Å². The van der Waals surface area contributed by atoms with Crippen LogP contribution < -0.4 is 5.32 Å². The number of hydrogen-bond acceptors (Lipinski definition) is 7. The van der Waals surface area contributed by atoms with Gasteiger partial charge in [0.2, 0.25) is 16.5 Å². The van der Waals surface area contributed by atoms with Crippen molar-refractivity contribution in [1.82, 2.24) is 15.0 Å². The van der Waals surface area contributed by atoms with Crippen molar-refractivity contribution in [2.24, 2.45) is 0 Å². The Balaban J connectivity index is 1.97. The molecule has 0 aliphatic rings. The maximum absolute atomic E-state index is 10.4. The zero-order valence-corrected chi connectivity index (χ0v) is 13.2. The second kappa shape index (κ2) is 7.16. The maximum Gasteiger partial charge on any atom is 0.397 e. The Morgan fingerprint density at radius 3 is 2.23 bits per heavy atom. The van der Waals surface area contributed by atoms with Gasteiger partial charge in [-0.05, 0) is 47.3 Å². The van der Waals surface area contributed by atoms with E-state index in [1.807, 2.05) is 0 Å². The molecule has 0 fully saturated rings. The van der Waals surface area contributed by atoms with E-state index in [1.54, 1.807) is 24.3 Å². The van der Waals surface area contributed by atoms with Crippen LogP contribution in [-0.4, -0.2) is 34.5 Å². The number of benzene rings is 1. The third-order valence-electron chi connectivity index (χ3n) is 2.41. The van der Waals surface area contributed by atoms with Gasteiger partial charge in [0.05, 0.1) is 6.61 Å². The van der Waals surface area contributed by atoms with E-state index < -0.39 is 10.4 Å². The van der Waals surface area contributed by atoms with Gasteiger partial charge in [-0.1, -0.05) is 12.1 Å². The number of nitrogens with zero attached hydrogens (tertiary/aromatic N) is 3. The molecule has 0 spiro atoms. The maximum atomic E-state index is 10.4. The Labute approximate surface area is 136 Å². The summed E-state index contributed by atoms with van der Waals surface area (Å²) in [4.78, 5) is 11.4. The highest BCUT2D eigenvalue weighted by atomic mass is 35.5. The molecule has 1 heterocycles. The number of rotatable bonds is 6. The van der Waals surface area contributed by atoms with Gasteiger partial charge in [0.1, 0.15) is 0 Å². The summed E-state index contributed by atoms with van der Waals surface area (Å²) in [6.07, 6.45) is 0.323. The van der Waals surface area contributed by atoms with Crippen LogP contribution in [0.25, 0.3) is 0 Å². The van der Waals surface area contributed by atoms with E-state index in [0.29, 0.717) is 12.1 Å². The van der Waals surface area contributed by atoms with Gasteiger partial charge in [-0.25, -0.2) is 4.18 Å². The molecular weight excluding hydrogens is 355 g/mol. The lowest BCUT2D eigenvalue weighted by Gasteiger charge is -2.06. The lowest BCUT2D eigenvalue weighted by Crippen LogP contribution is -2.06. The number of nitrogens with one attached hydrogen (secondary N) is 1. The number of anilines is 2. The highest BCUT2D eigenvalue weighted by molar-refractivity contribution is 7.80. The average Bonchev–Trinajstić information content (AvgIpc) is 2.38. The van der Waals surface area contributed by atoms with Crippen LogP contribution in [0.4, 0.5) is 11.6 Å². The summed E-state index contributed by atoms with van der Waals surface area (Å²) >= 11 is 11.3. The molecule has 2 aromatic rings. The Bertz CT molecular complexity index is 735. The number of aromatic nitrogens is 3. The first-order valence-electron chi connectivity index (χ1n) is 5.87. The number of halogens is 2. The van der Waals surface area contributed by atoms with Crippen LogP contribution in [-0.2, 0) is 21.0 Å². The summed E-state index contributed by atoms with van der Waals surface area (Å²) in [5, 5.41) is 2.84. The summed E-state index contributed by atoms with van der Waals surface area (Å²) in [6.45, 7) is -0.149. The van der Waals surface area contributed by atoms with Crippen molar-refractivity contribution in [3.8, 4) is 0 Å². The summed E-state index contributed by atoms with van der Waals surface area (Å²) in [5.41, 5.74) is 1.50. The highest BCUT2D eigenvalue weighted by Gasteiger charge is 2.05. The smallest absolute Gasteiger partial charge is 0.324 e. The first kappa shape index (κ1) is 16.8. The molecule has 0 saturated carbocycles. The van der Waals surface area contributed by atoms with E-state index >= 15 is 0 Å². The Morgan fingerprint density at radius 1 is 1.09 bits per heavy atom. The molecule has 0 atom stereocenters. The summed E-state index contributed by atoms with van der Waals surface area (Å²) in [6, 6.07) is 6.96. The van der Waals surface area contributed by atoms with Gasteiger partial charge >= 0.3 is 10.4 Å². The fraction of sp³-hybridized carbons (Fsp3) is 0.182. The van der Waals surface area contributed by atoms with Crippen molar-refractivity contribution in [1.29, 1.82) is 0 Å². The minimum Gasteiger partial charge on any atom is -0.324 e. The Kier molecular flexibility index (Phi) is 5.48. The van der Waals surface area contributed by atoms with E-state index in [9.17, 15) is 8.42 Å². The van der Waals surface area contributed by atoms with E-state index in [-0.39, 0.29) is 23.1 Å². The second-order valence-corrected chi connectivity index (χ2v) is 5.79. The zero-order chi connectivity index (χ0) is 16.2. The fourth-order valence-corrected chi connectivity index (χ4v) is 2.19. The van der Waals surface area contributed by atoms with Crippen LogP contribution in [0, 0.1) is 0 Å². The SMILES string of the molecule is O=S(=O)(O)OCCc1ccc(Nc2nc(Cl)nc(Cl)n2)cc1. The molecule has 11 heteroatoms. The van der Waals surface area contributed by atoms with Gasteiger partial charge in [-0.3, -0.25) is 4.55 Å². The van der Waals surface area contributed by atoms with Crippen LogP contribution in [0.3, 0.4) is 0 Å². The van der Waals surface area contributed by atoms with Gasteiger partial charge in [0.15, 0.2) is 0 Å². The van der Waals surface area contributed by atoms with E-state index in [4.69, 9.17) is 27.8 Å². The van der Waals surface area contributed by atoms with Crippen LogP contribution >= 0.6 is 23.2 Å². The molecule has 0 unspecified atom stereocenters. The molecule has 1 aromatic carbocycles. The molecule has 0 radical (unpaired) electrons. The van der Waals surface area contributed by atoms with E-state index in [1.165, 1.54) is 0 Å². The molecule has 22 heavy (non-hydrogen) atoms. The summed E-state index contributed by atoms with van der Waals surface area (Å²) in [5.74, 6) is 0.201. The van der Waals surface area contributed by atoms with Crippen molar-refractivity contribution in [3.05, 3.63) is 40.4 Å². The molecule has 118 valence electrons. The molecule has 0 saturated heterocycles. The summed E-state index contributed by atoms with van der Waals surface area (Å²) < 4.78 is 33.5. The van der Waals surface area contributed by atoms with Gasteiger partial charge in [-0.15, -0.1) is 0 Å². The van der Waals surface area contributed by atoms with Gasteiger partial charge in [0, 0.05) is 5.69 Å². The third-order valence-corrected chi connectivity index (χ3v) is 3.22. The van der Waals surface area contributed by atoms with Crippen LogP contribution in [0.2, 0.25) is 10.6 Å². The van der Waals surface area contributed by atoms with Gasteiger partial charge in [-0.2, -0.15) is 23.4 Å². The topological polar surface area (TPSA) is 114 Å². The standard InChI is InChI=1S/C11H10Cl2N4O4S/c12-9-15-10(13)17-11(16-9)14-8-3-1-7(2-4-8)5-6-21-22(18,19)20/h1-4H,5-6H2,(H,18,19,20)(H,14,15,16,17). The second-order valence-electron chi connectivity index (χ2n) is 4.02. The minimum absolute atomic E-state index is 0.0264. The average molecular weight is 365 g/mol. The molecule has 2 rings (SSSR count). The Hall–Kier alpha value is -1.52. The largest absolute Gasteiger partial charge is 0.397 e. The van der Waals surface area contributed by atoms with E-state index in [2.05, 4.69) is 24.5 Å². The van der Waals surface area contributed by atoms with Gasteiger partial charge < -0.3 is 5.32 Å². The predicted octanol–water partition coefficient (Wildman–Crippen LogP) is 2.28. The van der Waals surface area contributed by atoms with Crippen molar-refractivity contribution in [2.45, 2.75) is 6.42 Å². The predicted molar refractivity (Wildman–Crippen MR) is 80.8 cm³/mol. The van der Waals surface area contributed by atoms with Crippen LogP contribution in [0.15, 0.2) is 24.3 Å². The molecule has 0 aliphatic heterocycles. The van der Waals surface area contributed by atoms with E-state index in [0.717, 1.165) is 5.56 Å². The Morgan fingerprint density at radius 2 is 1.68 bits per heavy atom. The quantitative estimate of drug-likeness (QED) is 0.750. The lowest BCUT2D eigenvalue weighted by atomic mass is 10.1. The molecule has 0 amide bonds. The minimum atomic E-state index is -4.41. The molecular formula is C11H10Cl2N4O4S. The van der Waals surface area contributed by atoms with Crippen molar-refractivity contribution >= 4 is 45.2 Å². The first-order valence-corrected chi connectivity index (χ1v) is 7.99. The third kappa shape index (κ3) is 5.70. The molecule has 0 bridgehead atoms. The highest BCUT2D eigenvalue weighted by Crippen LogP contribution is 2.16. The van der Waals surface area contributed by atoms with Gasteiger partial charge in [0.25, 0.3) is 0 Å². The monoisotopic (exact) mass is 364 g/mol. The summed E-state index contributed by atoms with van der Waals surface area (Å²) in [7, 11) is -4.41. The zero-order valence-electron chi connectivity index (χ0n) is 10.9. The molecule has 2 N–H and O–H groups in total.